The Kier molecular flexibility index (Phi) is 6.15. The van der Waals surface area contributed by atoms with Gasteiger partial charge in [0, 0.05) is 25.8 Å². The van der Waals surface area contributed by atoms with Gasteiger partial charge in [-0.3, -0.25) is 9.97 Å². The van der Waals surface area contributed by atoms with Crippen molar-refractivity contribution >= 4 is 13.4 Å². The lowest BCUT2D eigenvalue weighted by atomic mass is 9.92. The van der Waals surface area contributed by atoms with Gasteiger partial charge in [0.15, 0.2) is 7.85 Å². The van der Waals surface area contributed by atoms with Crippen molar-refractivity contribution < 1.29 is 0 Å². The molecular formula is C23H27BN4. The molecule has 1 aliphatic rings. The van der Waals surface area contributed by atoms with E-state index in [-0.39, 0.29) is 0 Å². The first kappa shape index (κ1) is 18.8. The predicted octanol–water partition coefficient (Wildman–Crippen LogP) is 2.19. The highest BCUT2D eigenvalue weighted by Gasteiger charge is 2.20. The van der Waals surface area contributed by atoms with Crippen LogP contribution in [0.5, 0.6) is 0 Å². The van der Waals surface area contributed by atoms with E-state index < -0.39 is 0 Å². The third-order valence-corrected chi connectivity index (χ3v) is 5.35. The Bertz CT molecular complexity index is 910. The normalized spacial score (nSPS) is 15.9. The zero-order valence-electron chi connectivity index (χ0n) is 16.5. The van der Waals surface area contributed by atoms with Crippen molar-refractivity contribution in [3.05, 3.63) is 88.9 Å². The lowest BCUT2D eigenvalue weighted by molar-refractivity contribution is 0.447. The molecule has 0 radical (unpaired) electrons. The highest BCUT2D eigenvalue weighted by molar-refractivity contribution is 6.30. The number of hydrogen-bond donors (Lipinski definition) is 2. The van der Waals surface area contributed by atoms with Crippen molar-refractivity contribution in [2.75, 3.05) is 0 Å². The van der Waals surface area contributed by atoms with E-state index in [0.29, 0.717) is 6.04 Å². The largest absolute Gasteiger partial charge is 0.307 e. The van der Waals surface area contributed by atoms with Crippen molar-refractivity contribution in [3.63, 3.8) is 0 Å². The fraction of sp³-hybridized carbons (Fsp3) is 0.304. The summed E-state index contributed by atoms with van der Waals surface area (Å²) in [7, 11) is 2.03. The van der Waals surface area contributed by atoms with Gasteiger partial charge in [-0.1, -0.05) is 42.5 Å². The summed E-state index contributed by atoms with van der Waals surface area (Å²) in [6.45, 7) is 2.52. The van der Waals surface area contributed by atoms with Crippen LogP contribution in [-0.4, -0.2) is 17.8 Å². The number of nitrogens with one attached hydrogen (secondary N) is 2. The number of hydrogen-bond acceptors (Lipinski definition) is 4. The molecule has 1 unspecified atom stereocenters. The van der Waals surface area contributed by atoms with E-state index in [1.807, 2.05) is 26.2 Å². The lowest BCUT2D eigenvalue weighted by Crippen LogP contribution is -2.25. The zero-order valence-corrected chi connectivity index (χ0v) is 16.5. The molecule has 0 amide bonds. The molecule has 5 heteroatoms. The van der Waals surface area contributed by atoms with Crippen molar-refractivity contribution in [3.8, 4) is 0 Å². The van der Waals surface area contributed by atoms with E-state index in [1.165, 1.54) is 35.2 Å². The summed E-state index contributed by atoms with van der Waals surface area (Å²) < 4.78 is 0. The van der Waals surface area contributed by atoms with Gasteiger partial charge in [-0.05, 0) is 53.7 Å². The van der Waals surface area contributed by atoms with Crippen LogP contribution in [0.3, 0.4) is 0 Å². The number of aromatic nitrogens is 2. The summed E-state index contributed by atoms with van der Waals surface area (Å²) in [5, 5.41) is 7.17. The Labute approximate surface area is 168 Å². The van der Waals surface area contributed by atoms with Crippen molar-refractivity contribution in [1.82, 2.24) is 20.6 Å². The molecule has 142 valence electrons. The molecule has 0 saturated heterocycles. The minimum absolute atomic E-state index is 0.369. The van der Waals surface area contributed by atoms with Crippen LogP contribution in [-0.2, 0) is 26.1 Å². The molecule has 2 heterocycles. The molecule has 0 spiro atoms. The Morgan fingerprint density at radius 2 is 1.75 bits per heavy atom. The van der Waals surface area contributed by atoms with Crippen molar-refractivity contribution in [2.24, 2.45) is 0 Å². The van der Waals surface area contributed by atoms with E-state index in [1.54, 1.807) is 0 Å². The number of fused-ring (bicyclic) bond motifs is 1. The Morgan fingerprint density at radius 3 is 2.57 bits per heavy atom. The Morgan fingerprint density at radius 1 is 0.929 bits per heavy atom. The Hall–Kier alpha value is -2.50. The van der Waals surface area contributed by atoms with Crippen LogP contribution in [0.4, 0.5) is 0 Å². The summed E-state index contributed by atoms with van der Waals surface area (Å²) in [6, 6.07) is 19.6. The Balaban J connectivity index is 1.27. The smallest absolute Gasteiger partial charge is 0.163 e. The summed E-state index contributed by atoms with van der Waals surface area (Å²) >= 11 is 0. The maximum atomic E-state index is 4.62. The van der Waals surface area contributed by atoms with Crippen LogP contribution in [0.2, 0.25) is 0 Å². The minimum Gasteiger partial charge on any atom is -0.307 e. The van der Waals surface area contributed by atoms with Gasteiger partial charge in [0.05, 0.1) is 17.4 Å². The third kappa shape index (κ3) is 4.86. The van der Waals surface area contributed by atoms with E-state index in [4.69, 9.17) is 0 Å². The molecule has 1 aromatic carbocycles. The van der Waals surface area contributed by atoms with Crippen LogP contribution >= 0.6 is 0 Å². The molecule has 1 aliphatic carbocycles. The zero-order chi connectivity index (χ0) is 19.2. The maximum Gasteiger partial charge on any atom is 0.163 e. The molecule has 1 atom stereocenters. The summed E-state index contributed by atoms with van der Waals surface area (Å²) in [5.74, 6) is 0. The van der Waals surface area contributed by atoms with Crippen molar-refractivity contribution in [2.45, 2.75) is 44.9 Å². The number of rotatable bonds is 7. The van der Waals surface area contributed by atoms with Crippen LogP contribution in [0, 0.1) is 0 Å². The topological polar surface area (TPSA) is 49.8 Å². The summed E-state index contributed by atoms with van der Waals surface area (Å²) in [4.78, 5) is 9.14. The SMILES string of the molecule is Bc1cccc(CNCc2ccc(CNC3CCCc4cccnc43)cc2)n1. The first-order chi connectivity index (χ1) is 13.8. The fourth-order valence-electron chi connectivity index (χ4n) is 3.86. The standard InChI is InChI=1S/C23H27BN4/c24-22-8-2-6-20(28-22)16-25-14-17-9-11-18(12-10-17)15-27-21-7-1-4-19-5-3-13-26-23(19)21/h2-3,5-6,8-13,21,25,27H,1,4,7,14-16,24H2. The van der Waals surface area contributed by atoms with E-state index in [9.17, 15) is 0 Å². The molecule has 0 aliphatic heterocycles. The average Bonchev–Trinajstić information content (AvgIpc) is 2.73. The molecule has 3 aromatic rings. The first-order valence-corrected chi connectivity index (χ1v) is 10.2. The highest BCUT2D eigenvalue weighted by atomic mass is 14.9. The molecule has 0 fully saturated rings. The van der Waals surface area contributed by atoms with Gasteiger partial charge in [0.25, 0.3) is 0 Å². The molecule has 28 heavy (non-hydrogen) atoms. The van der Waals surface area contributed by atoms with Crippen molar-refractivity contribution in [1.29, 1.82) is 0 Å². The molecule has 0 bridgehead atoms. The summed E-state index contributed by atoms with van der Waals surface area (Å²) in [5.41, 5.74) is 7.39. The second-order valence-electron chi connectivity index (χ2n) is 7.56. The summed E-state index contributed by atoms with van der Waals surface area (Å²) in [6.07, 6.45) is 5.46. The molecule has 4 rings (SSSR count). The van der Waals surface area contributed by atoms with Crippen LogP contribution < -0.4 is 16.2 Å². The predicted molar refractivity (Wildman–Crippen MR) is 116 cm³/mol. The van der Waals surface area contributed by atoms with Gasteiger partial charge in [-0.15, -0.1) is 0 Å². The number of nitrogens with zero attached hydrogens (tertiary/aromatic N) is 2. The second kappa shape index (κ2) is 9.13. The lowest BCUT2D eigenvalue weighted by Gasteiger charge is -2.25. The minimum atomic E-state index is 0.369. The molecular weight excluding hydrogens is 343 g/mol. The van der Waals surface area contributed by atoms with E-state index >= 15 is 0 Å². The third-order valence-electron chi connectivity index (χ3n) is 5.35. The van der Waals surface area contributed by atoms with Gasteiger partial charge in [0.2, 0.25) is 0 Å². The van der Waals surface area contributed by atoms with E-state index in [0.717, 1.165) is 37.3 Å². The highest BCUT2D eigenvalue weighted by Crippen LogP contribution is 2.27. The van der Waals surface area contributed by atoms with Gasteiger partial charge < -0.3 is 10.6 Å². The van der Waals surface area contributed by atoms with Crippen LogP contribution in [0.1, 0.15) is 47.0 Å². The van der Waals surface area contributed by atoms with Gasteiger partial charge in [0.1, 0.15) is 0 Å². The van der Waals surface area contributed by atoms with Crippen LogP contribution in [0.25, 0.3) is 0 Å². The quantitative estimate of drug-likeness (QED) is 0.626. The average molecular weight is 370 g/mol. The van der Waals surface area contributed by atoms with E-state index in [2.05, 4.69) is 63.1 Å². The van der Waals surface area contributed by atoms with Crippen LogP contribution in [0.15, 0.2) is 60.8 Å². The first-order valence-electron chi connectivity index (χ1n) is 10.2. The number of aryl methyl sites for hydroxylation is 1. The molecule has 0 saturated carbocycles. The molecule has 4 nitrogen and oxygen atoms in total. The van der Waals surface area contributed by atoms with Gasteiger partial charge in [-0.25, -0.2) is 0 Å². The number of pyridine rings is 2. The fourth-order valence-corrected chi connectivity index (χ4v) is 3.86. The second-order valence-corrected chi connectivity index (χ2v) is 7.56. The molecule has 2 N–H and O–H groups in total. The van der Waals surface area contributed by atoms with Gasteiger partial charge in [-0.2, -0.15) is 0 Å². The molecule has 2 aromatic heterocycles. The van der Waals surface area contributed by atoms with Gasteiger partial charge >= 0.3 is 0 Å². The monoisotopic (exact) mass is 370 g/mol. The maximum absolute atomic E-state index is 4.62. The number of benzene rings is 1.